The number of anilines is 1. The number of nitriles is 1. The molecule has 2 nitrogen and oxygen atoms in total. The van der Waals surface area contributed by atoms with Crippen LogP contribution < -0.4 is 5.32 Å². The second-order valence-electron chi connectivity index (χ2n) is 4.69. The lowest BCUT2D eigenvalue weighted by Gasteiger charge is -2.14. The molecule has 0 heterocycles. The minimum Gasteiger partial charge on any atom is -0.380 e. The Morgan fingerprint density at radius 1 is 1.20 bits per heavy atom. The van der Waals surface area contributed by atoms with Gasteiger partial charge in [-0.3, -0.25) is 0 Å². The van der Waals surface area contributed by atoms with E-state index in [1.807, 2.05) is 6.07 Å². The predicted molar refractivity (Wildman–Crippen MR) is 87.1 cm³/mol. The van der Waals surface area contributed by atoms with Gasteiger partial charge in [-0.15, -0.1) is 0 Å². The Labute approximate surface area is 132 Å². The monoisotopic (exact) mass is 348 g/mol. The maximum atomic E-state index is 8.83. The lowest BCUT2D eigenvalue weighted by atomic mass is 10.1. The van der Waals surface area contributed by atoms with Crippen LogP contribution in [0.2, 0.25) is 5.02 Å². The molecule has 1 N–H and O–H groups in total. The van der Waals surface area contributed by atoms with Crippen LogP contribution in [0.15, 0.2) is 34.8 Å². The van der Waals surface area contributed by atoms with E-state index in [1.54, 1.807) is 12.1 Å². The van der Waals surface area contributed by atoms with Crippen LogP contribution >= 0.6 is 27.5 Å². The summed E-state index contributed by atoms with van der Waals surface area (Å²) in [4.78, 5) is 0. The third-order valence-electron chi connectivity index (χ3n) is 3.14. The Morgan fingerprint density at radius 2 is 1.85 bits per heavy atom. The molecule has 2 aromatic rings. The number of aryl methyl sites for hydroxylation is 2. The molecule has 0 saturated carbocycles. The topological polar surface area (TPSA) is 35.8 Å². The summed E-state index contributed by atoms with van der Waals surface area (Å²) in [6.07, 6.45) is 0. The number of rotatable bonds is 3. The minimum absolute atomic E-state index is 0.578. The number of nitrogens with one attached hydrogen (secondary N) is 1. The minimum atomic E-state index is 0.578. The Bertz CT molecular complexity index is 666. The van der Waals surface area contributed by atoms with Crippen molar-refractivity contribution in [2.75, 3.05) is 5.32 Å². The highest BCUT2D eigenvalue weighted by Crippen LogP contribution is 2.26. The van der Waals surface area contributed by atoms with E-state index in [0.717, 1.165) is 15.7 Å². The molecule has 0 bridgehead atoms. The van der Waals surface area contributed by atoms with Crippen LogP contribution in [0.1, 0.15) is 22.3 Å². The zero-order valence-corrected chi connectivity index (χ0v) is 13.6. The molecular formula is C16H14BrClN2. The van der Waals surface area contributed by atoms with Crippen molar-refractivity contribution >= 4 is 33.2 Å². The maximum absolute atomic E-state index is 8.83. The summed E-state index contributed by atoms with van der Waals surface area (Å²) in [5, 5.41) is 12.9. The van der Waals surface area contributed by atoms with Crippen molar-refractivity contribution in [2.24, 2.45) is 0 Å². The van der Waals surface area contributed by atoms with Gasteiger partial charge in [0.25, 0.3) is 0 Å². The van der Waals surface area contributed by atoms with Gasteiger partial charge in [0, 0.05) is 21.7 Å². The van der Waals surface area contributed by atoms with E-state index in [1.165, 1.54) is 11.1 Å². The summed E-state index contributed by atoms with van der Waals surface area (Å²) >= 11 is 9.67. The van der Waals surface area contributed by atoms with Gasteiger partial charge >= 0.3 is 0 Å². The fourth-order valence-corrected chi connectivity index (χ4v) is 3.07. The third-order valence-corrected chi connectivity index (χ3v) is 3.94. The molecule has 4 heteroatoms. The van der Waals surface area contributed by atoms with Gasteiger partial charge in [0.1, 0.15) is 0 Å². The van der Waals surface area contributed by atoms with Crippen LogP contribution in [0.3, 0.4) is 0 Å². The molecule has 0 aliphatic carbocycles. The van der Waals surface area contributed by atoms with Gasteiger partial charge < -0.3 is 5.32 Å². The molecule has 0 aliphatic heterocycles. The summed E-state index contributed by atoms with van der Waals surface area (Å²) in [6.45, 7) is 4.77. The van der Waals surface area contributed by atoms with Gasteiger partial charge in [-0.1, -0.05) is 33.6 Å². The summed E-state index contributed by atoms with van der Waals surface area (Å²) in [6, 6.07) is 11.6. The lowest BCUT2D eigenvalue weighted by Crippen LogP contribution is -2.03. The second kappa shape index (κ2) is 6.30. The van der Waals surface area contributed by atoms with E-state index < -0.39 is 0 Å². The molecule has 0 aliphatic rings. The molecule has 2 rings (SSSR count). The Kier molecular flexibility index (Phi) is 4.69. The van der Waals surface area contributed by atoms with Gasteiger partial charge in [0.2, 0.25) is 0 Å². The molecule has 0 amide bonds. The number of benzene rings is 2. The molecule has 2 aromatic carbocycles. The highest BCUT2D eigenvalue weighted by Gasteiger charge is 2.06. The van der Waals surface area contributed by atoms with E-state index in [2.05, 4.69) is 53.3 Å². The van der Waals surface area contributed by atoms with Crippen LogP contribution in [-0.4, -0.2) is 0 Å². The normalized spacial score (nSPS) is 10.2. The Hall–Kier alpha value is -1.50. The molecule has 102 valence electrons. The predicted octanol–water partition coefficient (Wildman–Crippen LogP) is 5.20. The number of nitrogens with zero attached hydrogens (tertiary/aromatic N) is 1. The first-order valence-corrected chi connectivity index (χ1v) is 7.37. The quantitative estimate of drug-likeness (QED) is 0.826. The first-order chi connectivity index (χ1) is 9.51. The van der Waals surface area contributed by atoms with E-state index >= 15 is 0 Å². The average molecular weight is 350 g/mol. The SMILES string of the molecule is Cc1cc(Br)cc(C)c1NCc1ccc(C#N)cc1Cl. The van der Waals surface area contributed by atoms with Crippen molar-refractivity contribution in [1.29, 1.82) is 5.26 Å². The van der Waals surface area contributed by atoms with Crippen LogP contribution in [0.4, 0.5) is 5.69 Å². The zero-order valence-electron chi connectivity index (χ0n) is 11.3. The van der Waals surface area contributed by atoms with Gasteiger partial charge in [-0.05, 0) is 54.8 Å². The number of hydrogen-bond donors (Lipinski definition) is 1. The fourth-order valence-electron chi connectivity index (χ4n) is 2.13. The van der Waals surface area contributed by atoms with Crippen LogP contribution in [0.5, 0.6) is 0 Å². The molecule has 0 saturated heterocycles. The zero-order chi connectivity index (χ0) is 14.7. The van der Waals surface area contributed by atoms with E-state index in [-0.39, 0.29) is 0 Å². The third kappa shape index (κ3) is 3.33. The largest absolute Gasteiger partial charge is 0.380 e. The average Bonchev–Trinajstić information content (AvgIpc) is 2.39. The van der Waals surface area contributed by atoms with Gasteiger partial charge in [-0.2, -0.15) is 5.26 Å². The van der Waals surface area contributed by atoms with Crippen molar-refractivity contribution in [1.82, 2.24) is 0 Å². The Morgan fingerprint density at radius 3 is 2.40 bits per heavy atom. The van der Waals surface area contributed by atoms with Crippen molar-refractivity contribution in [3.8, 4) is 6.07 Å². The molecule has 0 aromatic heterocycles. The summed E-state index contributed by atoms with van der Waals surface area (Å²) in [5.74, 6) is 0. The standard InChI is InChI=1S/C16H14BrClN2/c1-10-5-14(17)6-11(2)16(10)20-9-13-4-3-12(8-19)7-15(13)18/h3-7,20H,9H2,1-2H3. The molecule has 0 radical (unpaired) electrons. The van der Waals surface area contributed by atoms with E-state index in [4.69, 9.17) is 16.9 Å². The van der Waals surface area contributed by atoms with Crippen molar-refractivity contribution in [3.05, 3.63) is 62.1 Å². The Balaban J connectivity index is 2.20. The number of hydrogen-bond acceptors (Lipinski definition) is 2. The summed E-state index contributed by atoms with van der Waals surface area (Å²) < 4.78 is 1.08. The van der Waals surface area contributed by atoms with Crippen molar-refractivity contribution in [2.45, 2.75) is 20.4 Å². The molecule has 0 spiro atoms. The van der Waals surface area contributed by atoms with Crippen LogP contribution in [-0.2, 0) is 6.54 Å². The molecule has 0 unspecified atom stereocenters. The summed E-state index contributed by atoms with van der Waals surface area (Å²) in [5.41, 5.74) is 5.04. The molecule has 20 heavy (non-hydrogen) atoms. The summed E-state index contributed by atoms with van der Waals surface area (Å²) in [7, 11) is 0. The first kappa shape index (κ1) is 14.9. The van der Waals surface area contributed by atoms with Crippen LogP contribution in [0.25, 0.3) is 0 Å². The fraction of sp³-hybridized carbons (Fsp3) is 0.188. The number of halogens is 2. The van der Waals surface area contributed by atoms with Gasteiger partial charge in [0.05, 0.1) is 11.6 Å². The lowest BCUT2D eigenvalue weighted by molar-refractivity contribution is 1.13. The highest BCUT2D eigenvalue weighted by atomic mass is 79.9. The van der Waals surface area contributed by atoms with E-state index in [9.17, 15) is 0 Å². The van der Waals surface area contributed by atoms with Crippen LogP contribution in [0, 0.1) is 25.2 Å². The van der Waals surface area contributed by atoms with Crippen molar-refractivity contribution in [3.63, 3.8) is 0 Å². The van der Waals surface area contributed by atoms with E-state index in [0.29, 0.717) is 17.1 Å². The molecule has 0 fully saturated rings. The van der Waals surface area contributed by atoms with Gasteiger partial charge in [-0.25, -0.2) is 0 Å². The van der Waals surface area contributed by atoms with Crippen molar-refractivity contribution < 1.29 is 0 Å². The molecule has 0 atom stereocenters. The second-order valence-corrected chi connectivity index (χ2v) is 6.01. The highest BCUT2D eigenvalue weighted by molar-refractivity contribution is 9.10. The van der Waals surface area contributed by atoms with Gasteiger partial charge in [0.15, 0.2) is 0 Å². The maximum Gasteiger partial charge on any atom is 0.0992 e. The molecular weight excluding hydrogens is 336 g/mol. The smallest absolute Gasteiger partial charge is 0.0992 e. The first-order valence-electron chi connectivity index (χ1n) is 6.20.